The lowest BCUT2D eigenvalue weighted by atomic mass is 10.3. The molecule has 2 heterocycles. The molecule has 2 atom stereocenters. The lowest BCUT2D eigenvalue weighted by Crippen LogP contribution is -2.32. The van der Waals surface area contributed by atoms with E-state index >= 15 is 0 Å². The monoisotopic (exact) mass is 505 g/mol. The van der Waals surface area contributed by atoms with Crippen molar-refractivity contribution in [1.82, 2.24) is 29.5 Å². The van der Waals surface area contributed by atoms with Crippen LogP contribution in [0.15, 0.2) is 46.4 Å². The maximum atomic E-state index is 13.2. The summed E-state index contributed by atoms with van der Waals surface area (Å²) in [5.41, 5.74) is 0.0279. The standard InChI is InChI=1S/C21H28N7O6P/c1-15(16(2)29)26-35(31,34-17-8-6-5-7-9-17)33-11-10-32-14-28-13-22-18-19(28)24-21(25-20(18)30)23-12-27(3)4/h5-9,12-13,15H,10-11,14H2,1-4H3,(H,26,31)(H,24,25,30)/t15-,35?/m0/s1. The number of ketones is 1. The van der Waals surface area contributed by atoms with Crippen molar-refractivity contribution < 1.29 is 23.1 Å². The van der Waals surface area contributed by atoms with Crippen LogP contribution in [0.2, 0.25) is 0 Å². The van der Waals surface area contributed by atoms with E-state index in [1.165, 1.54) is 24.2 Å². The van der Waals surface area contributed by atoms with Crippen molar-refractivity contribution in [3.05, 3.63) is 47.0 Å². The summed E-state index contributed by atoms with van der Waals surface area (Å²) >= 11 is 0. The van der Waals surface area contributed by atoms with Gasteiger partial charge in [-0.15, -0.1) is 0 Å². The van der Waals surface area contributed by atoms with E-state index in [9.17, 15) is 14.2 Å². The number of nitrogens with zero attached hydrogens (tertiary/aromatic N) is 5. The van der Waals surface area contributed by atoms with E-state index in [0.29, 0.717) is 11.4 Å². The van der Waals surface area contributed by atoms with Crippen molar-refractivity contribution in [3.63, 3.8) is 0 Å². The normalized spacial score (nSPS) is 14.2. The van der Waals surface area contributed by atoms with Gasteiger partial charge in [0.15, 0.2) is 11.2 Å². The number of aromatic amines is 1. The van der Waals surface area contributed by atoms with Gasteiger partial charge in [-0.25, -0.2) is 19.6 Å². The van der Waals surface area contributed by atoms with Gasteiger partial charge in [0, 0.05) is 14.1 Å². The fourth-order valence-corrected chi connectivity index (χ4v) is 4.24. The molecular weight excluding hydrogens is 477 g/mol. The first-order valence-electron chi connectivity index (χ1n) is 10.7. The van der Waals surface area contributed by atoms with Crippen molar-refractivity contribution in [3.8, 4) is 5.75 Å². The second-order valence-corrected chi connectivity index (χ2v) is 9.41. The average molecular weight is 505 g/mol. The Morgan fingerprint density at radius 2 is 2.06 bits per heavy atom. The van der Waals surface area contributed by atoms with Crippen molar-refractivity contribution >= 4 is 37.0 Å². The summed E-state index contributed by atoms with van der Waals surface area (Å²) in [5, 5.41) is 2.63. The van der Waals surface area contributed by atoms with Gasteiger partial charge >= 0.3 is 7.75 Å². The summed E-state index contributed by atoms with van der Waals surface area (Å²) < 4.78 is 31.3. The Morgan fingerprint density at radius 1 is 1.31 bits per heavy atom. The lowest BCUT2D eigenvalue weighted by Gasteiger charge is -2.22. The quantitative estimate of drug-likeness (QED) is 0.153. The van der Waals surface area contributed by atoms with Crippen LogP contribution < -0.4 is 15.2 Å². The van der Waals surface area contributed by atoms with Crippen LogP contribution in [0.3, 0.4) is 0 Å². The minimum atomic E-state index is -3.87. The van der Waals surface area contributed by atoms with Crippen LogP contribution >= 0.6 is 7.75 Å². The lowest BCUT2D eigenvalue weighted by molar-refractivity contribution is -0.118. The van der Waals surface area contributed by atoms with Crippen LogP contribution in [-0.4, -0.2) is 69.9 Å². The number of ether oxygens (including phenoxy) is 1. The van der Waals surface area contributed by atoms with Crippen molar-refractivity contribution in [2.24, 2.45) is 4.99 Å². The Labute approximate surface area is 201 Å². The highest BCUT2D eigenvalue weighted by Gasteiger charge is 2.30. The number of hydrogen-bond donors (Lipinski definition) is 2. The first-order chi connectivity index (χ1) is 16.7. The molecule has 0 aliphatic carbocycles. The van der Waals surface area contributed by atoms with Crippen molar-refractivity contribution in [2.45, 2.75) is 26.6 Å². The molecule has 2 aromatic heterocycles. The Hall–Kier alpha value is -3.38. The van der Waals surface area contributed by atoms with Crippen LogP contribution in [0.5, 0.6) is 5.75 Å². The fraction of sp³-hybridized carbons (Fsp3) is 0.381. The first-order valence-corrected chi connectivity index (χ1v) is 12.2. The predicted molar refractivity (Wildman–Crippen MR) is 130 cm³/mol. The third-order valence-electron chi connectivity index (χ3n) is 4.52. The molecule has 3 aromatic rings. The molecule has 0 aliphatic rings. The molecular formula is C21H28N7O6P. The minimum absolute atomic E-state index is 0.00820. The zero-order chi connectivity index (χ0) is 25.4. The molecule has 2 N–H and O–H groups in total. The van der Waals surface area contributed by atoms with Gasteiger partial charge in [-0.1, -0.05) is 18.2 Å². The number of nitrogens with one attached hydrogen (secondary N) is 2. The smallest absolute Gasteiger partial charge is 0.413 e. The van der Waals surface area contributed by atoms with Gasteiger partial charge in [-0.05, 0) is 26.0 Å². The van der Waals surface area contributed by atoms with Gasteiger partial charge in [-0.2, -0.15) is 4.98 Å². The van der Waals surface area contributed by atoms with E-state index in [-0.39, 0.29) is 37.2 Å². The number of rotatable bonds is 13. The zero-order valence-electron chi connectivity index (χ0n) is 19.9. The Morgan fingerprint density at radius 3 is 2.74 bits per heavy atom. The first kappa shape index (κ1) is 26.2. The summed E-state index contributed by atoms with van der Waals surface area (Å²) in [5.74, 6) is 0.241. The summed E-state index contributed by atoms with van der Waals surface area (Å²) in [6, 6.07) is 7.76. The minimum Gasteiger partial charge on any atom is -0.413 e. The van der Waals surface area contributed by atoms with E-state index in [1.54, 1.807) is 56.3 Å². The second kappa shape index (κ2) is 11.8. The molecule has 0 radical (unpaired) electrons. The number of hydrogen-bond acceptors (Lipinski definition) is 9. The van der Waals surface area contributed by atoms with Crippen molar-refractivity contribution in [1.29, 1.82) is 0 Å². The maximum Gasteiger partial charge on any atom is 0.459 e. The molecule has 188 valence electrons. The molecule has 35 heavy (non-hydrogen) atoms. The van der Waals surface area contributed by atoms with E-state index in [4.69, 9.17) is 13.8 Å². The number of carbonyl (C=O) groups excluding carboxylic acids is 1. The number of fused-ring (bicyclic) bond motifs is 1. The number of benzene rings is 1. The molecule has 0 aliphatic heterocycles. The number of Topliss-reactive ketones (excluding diaryl/α,β-unsaturated/α-hetero) is 1. The molecule has 0 spiro atoms. The molecule has 0 saturated carbocycles. The molecule has 1 aromatic carbocycles. The third-order valence-corrected chi connectivity index (χ3v) is 6.20. The van der Waals surface area contributed by atoms with Gasteiger partial charge in [-0.3, -0.25) is 23.7 Å². The highest BCUT2D eigenvalue weighted by molar-refractivity contribution is 7.52. The number of aliphatic imine (C=N–C) groups is 1. The van der Waals surface area contributed by atoms with Gasteiger partial charge in [0.05, 0.1) is 31.9 Å². The van der Waals surface area contributed by atoms with E-state index in [0.717, 1.165) is 0 Å². The van der Waals surface area contributed by atoms with Gasteiger partial charge < -0.3 is 14.2 Å². The molecule has 0 fully saturated rings. The van der Waals surface area contributed by atoms with Gasteiger partial charge in [0.25, 0.3) is 5.56 Å². The average Bonchev–Trinajstić information content (AvgIpc) is 3.21. The molecule has 3 rings (SSSR count). The highest BCUT2D eigenvalue weighted by Crippen LogP contribution is 2.44. The number of para-hydroxylation sites is 1. The maximum absolute atomic E-state index is 13.2. The second-order valence-electron chi connectivity index (χ2n) is 7.72. The molecule has 1 unspecified atom stereocenters. The predicted octanol–water partition coefficient (Wildman–Crippen LogP) is 2.09. The van der Waals surface area contributed by atoms with Crippen LogP contribution in [0.4, 0.5) is 5.95 Å². The third kappa shape index (κ3) is 7.55. The Balaban J connectivity index is 1.61. The van der Waals surface area contributed by atoms with E-state index < -0.39 is 19.3 Å². The molecule has 13 nitrogen and oxygen atoms in total. The SMILES string of the molecule is CC(=O)[C@H](C)NP(=O)(OCCOCn1cnc2c(=O)[nH]c(N=CN(C)C)nc21)Oc1ccccc1. The molecule has 0 bridgehead atoms. The van der Waals surface area contributed by atoms with Crippen LogP contribution in [0.1, 0.15) is 13.8 Å². The summed E-state index contributed by atoms with van der Waals surface area (Å²) in [7, 11) is -0.283. The van der Waals surface area contributed by atoms with Gasteiger partial charge in [0.2, 0.25) is 5.95 Å². The van der Waals surface area contributed by atoms with Crippen molar-refractivity contribution in [2.75, 3.05) is 27.3 Å². The number of aromatic nitrogens is 4. The molecule has 0 saturated heterocycles. The fourth-order valence-electron chi connectivity index (χ4n) is 2.69. The molecule has 14 heteroatoms. The number of H-pyrrole nitrogens is 1. The van der Waals surface area contributed by atoms with Crippen LogP contribution in [0.25, 0.3) is 11.2 Å². The van der Waals surface area contributed by atoms with Crippen LogP contribution in [0, 0.1) is 0 Å². The number of imidazole rings is 1. The van der Waals surface area contributed by atoms with Gasteiger partial charge in [0.1, 0.15) is 18.3 Å². The van der Waals surface area contributed by atoms with E-state index in [2.05, 4.69) is 25.0 Å². The Bertz CT molecular complexity index is 1270. The summed E-state index contributed by atoms with van der Waals surface area (Å²) in [6.45, 7) is 2.89. The zero-order valence-corrected chi connectivity index (χ0v) is 20.8. The topological polar surface area (TPSA) is 153 Å². The Kier molecular flexibility index (Phi) is 8.88. The summed E-state index contributed by atoms with van der Waals surface area (Å²) in [6.07, 6.45) is 2.93. The number of carbonyl (C=O) groups is 1. The molecule has 0 amide bonds. The summed E-state index contributed by atoms with van der Waals surface area (Å²) in [4.78, 5) is 40.6. The van der Waals surface area contributed by atoms with Crippen LogP contribution in [-0.2, 0) is 25.4 Å². The largest absolute Gasteiger partial charge is 0.459 e. The highest BCUT2D eigenvalue weighted by atomic mass is 31.2. The van der Waals surface area contributed by atoms with E-state index in [1.807, 2.05) is 0 Å².